The van der Waals surface area contributed by atoms with E-state index in [4.69, 9.17) is 4.74 Å². The van der Waals surface area contributed by atoms with E-state index in [1.807, 2.05) is 0 Å². The van der Waals surface area contributed by atoms with E-state index >= 15 is 0 Å². The molecule has 5 nitrogen and oxygen atoms in total. The molecule has 1 aliphatic rings. The first-order chi connectivity index (χ1) is 9.07. The molecule has 0 saturated heterocycles. The van der Waals surface area contributed by atoms with Crippen molar-refractivity contribution in [2.75, 3.05) is 13.7 Å². The summed E-state index contributed by atoms with van der Waals surface area (Å²) in [5.74, 6) is -0.404. The molecular weight excluding hydrogens is 266 g/mol. The lowest BCUT2D eigenvalue weighted by molar-refractivity contribution is -0.148. The third-order valence-corrected chi connectivity index (χ3v) is 4.54. The number of nitrogens with one attached hydrogen (secondary N) is 1. The molecule has 1 saturated carbocycles. The van der Waals surface area contributed by atoms with Crippen LogP contribution < -0.4 is 10.1 Å². The number of carbonyl (C=O) groups excluding carboxylic acids is 1. The standard InChI is InChI=1S/C13H17NO4S/c1-18-9-6-10(19-7-9)11(15)14-8-13(12(16)17)4-2-3-5-13/h6-7H,2-5,8H2,1H3,(H,14,15)(H,16,17). The number of hydrogen-bond donors (Lipinski definition) is 2. The molecule has 1 aromatic heterocycles. The number of rotatable bonds is 5. The lowest BCUT2D eigenvalue weighted by Gasteiger charge is -2.23. The topological polar surface area (TPSA) is 75.6 Å². The quantitative estimate of drug-likeness (QED) is 0.868. The van der Waals surface area contributed by atoms with Gasteiger partial charge in [0.1, 0.15) is 5.75 Å². The van der Waals surface area contributed by atoms with Crippen molar-refractivity contribution in [1.29, 1.82) is 0 Å². The molecule has 1 amide bonds. The number of amides is 1. The first kappa shape index (κ1) is 13.9. The Morgan fingerprint density at radius 3 is 2.68 bits per heavy atom. The Balaban J connectivity index is 1.97. The van der Waals surface area contributed by atoms with E-state index < -0.39 is 11.4 Å². The van der Waals surface area contributed by atoms with E-state index in [0.717, 1.165) is 12.8 Å². The molecule has 1 aromatic rings. The average molecular weight is 283 g/mol. The molecule has 2 N–H and O–H groups in total. The van der Waals surface area contributed by atoms with E-state index in [2.05, 4.69) is 5.32 Å². The van der Waals surface area contributed by atoms with Crippen LogP contribution in [0.3, 0.4) is 0 Å². The third-order valence-electron chi connectivity index (χ3n) is 3.64. The van der Waals surface area contributed by atoms with Gasteiger partial charge in [-0.25, -0.2) is 0 Å². The zero-order valence-electron chi connectivity index (χ0n) is 10.8. The van der Waals surface area contributed by atoms with Gasteiger partial charge in [0, 0.05) is 18.0 Å². The molecule has 104 valence electrons. The van der Waals surface area contributed by atoms with Crippen molar-refractivity contribution in [1.82, 2.24) is 5.32 Å². The van der Waals surface area contributed by atoms with Gasteiger partial charge in [-0.3, -0.25) is 9.59 Å². The van der Waals surface area contributed by atoms with Crippen molar-refractivity contribution in [2.24, 2.45) is 5.41 Å². The van der Waals surface area contributed by atoms with E-state index in [1.54, 1.807) is 18.6 Å². The summed E-state index contributed by atoms with van der Waals surface area (Å²) in [6.07, 6.45) is 3.09. The van der Waals surface area contributed by atoms with Crippen molar-refractivity contribution in [3.05, 3.63) is 16.3 Å². The smallest absolute Gasteiger partial charge is 0.311 e. The Bertz CT molecular complexity index is 477. The monoisotopic (exact) mass is 283 g/mol. The van der Waals surface area contributed by atoms with Gasteiger partial charge < -0.3 is 15.2 Å². The molecule has 1 fully saturated rings. The van der Waals surface area contributed by atoms with Gasteiger partial charge in [0.25, 0.3) is 5.91 Å². The fourth-order valence-electron chi connectivity index (χ4n) is 2.40. The molecular formula is C13H17NO4S. The van der Waals surface area contributed by atoms with Gasteiger partial charge in [0.2, 0.25) is 0 Å². The normalized spacial score (nSPS) is 17.1. The van der Waals surface area contributed by atoms with Crippen LogP contribution in [0.25, 0.3) is 0 Å². The summed E-state index contributed by atoms with van der Waals surface area (Å²) in [6.45, 7) is 0.196. The summed E-state index contributed by atoms with van der Waals surface area (Å²) in [7, 11) is 1.54. The maximum Gasteiger partial charge on any atom is 0.311 e. The highest BCUT2D eigenvalue weighted by molar-refractivity contribution is 7.12. The second-order valence-corrected chi connectivity index (χ2v) is 5.74. The van der Waals surface area contributed by atoms with Crippen molar-refractivity contribution in [2.45, 2.75) is 25.7 Å². The van der Waals surface area contributed by atoms with Crippen molar-refractivity contribution in [3.63, 3.8) is 0 Å². The van der Waals surface area contributed by atoms with Crippen LogP contribution in [0, 0.1) is 5.41 Å². The van der Waals surface area contributed by atoms with Crippen molar-refractivity contribution in [3.8, 4) is 5.75 Å². The highest BCUT2D eigenvalue weighted by Gasteiger charge is 2.41. The molecule has 0 unspecified atom stereocenters. The Hall–Kier alpha value is -1.56. The third kappa shape index (κ3) is 2.89. The SMILES string of the molecule is COc1csc(C(=O)NCC2(C(=O)O)CCCC2)c1. The summed E-state index contributed by atoms with van der Waals surface area (Å²) in [5, 5.41) is 13.8. The number of aliphatic carboxylic acids is 1. The number of methoxy groups -OCH3 is 1. The summed E-state index contributed by atoms with van der Waals surface area (Å²) in [5.41, 5.74) is -0.781. The Morgan fingerprint density at radius 2 is 2.16 bits per heavy atom. The van der Waals surface area contributed by atoms with Gasteiger partial charge in [-0.2, -0.15) is 0 Å². The Kier molecular flexibility index (Phi) is 4.09. The van der Waals surface area contributed by atoms with Crippen LogP contribution in [0.2, 0.25) is 0 Å². The highest BCUT2D eigenvalue weighted by atomic mass is 32.1. The molecule has 0 atom stereocenters. The molecule has 1 aliphatic carbocycles. The second kappa shape index (κ2) is 5.61. The van der Waals surface area contributed by atoms with E-state index in [9.17, 15) is 14.7 Å². The molecule has 0 bridgehead atoms. The molecule has 0 spiro atoms. The van der Waals surface area contributed by atoms with Gasteiger partial charge in [-0.1, -0.05) is 12.8 Å². The number of carboxylic acid groups (broad SMARTS) is 1. The summed E-state index contributed by atoms with van der Waals surface area (Å²) >= 11 is 1.29. The van der Waals surface area contributed by atoms with Crippen LogP contribution in [-0.2, 0) is 4.79 Å². The van der Waals surface area contributed by atoms with Crippen LogP contribution >= 0.6 is 11.3 Å². The molecule has 19 heavy (non-hydrogen) atoms. The van der Waals surface area contributed by atoms with Crippen LogP contribution in [0.5, 0.6) is 5.75 Å². The number of thiophene rings is 1. The highest BCUT2D eigenvalue weighted by Crippen LogP contribution is 2.37. The zero-order valence-corrected chi connectivity index (χ0v) is 11.6. The lowest BCUT2D eigenvalue weighted by atomic mass is 9.86. The summed E-state index contributed by atoms with van der Waals surface area (Å²) in [4.78, 5) is 23.8. The fraction of sp³-hybridized carbons (Fsp3) is 0.538. The number of hydrogen-bond acceptors (Lipinski definition) is 4. The first-order valence-electron chi connectivity index (χ1n) is 6.21. The van der Waals surface area contributed by atoms with Crippen molar-refractivity contribution < 1.29 is 19.4 Å². The molecule has 1 heterocycles. The minimum absolute atomic E-state index is 0.196. The number of carboxylic acids is 1. The average Bonchev–Trinajstić information content (AvgIpc) is 3.05. The van der Waals surface area contributed by atoms with Crippen LogP contribution in [0.4, 0.5) is 0 Å². The van der Waals surface area contributed by atoms with Crippen LogP contribution in [-0.4, -0.2) is 30.6 Å². The lowest BCUT2D eigenvalue weighted by Crippen LogP contribution is -2.41. The zero-order chi connectivity index (χ0) is 13.9. The molecule has 2 rings (SSSR count). The Labute approximate surface area is 115 Å². The van der Waals surface area contributed by atoms with E-state index in [0.29, 0.717) is 23.5 Å². The first-order valence-corrected chi connectivity index (χ1v) is 7.09. The molecule has 0 radical (unpaired) electrons. The van der Waals surface area contributed by atoms with Crippen molar-refractivity contribution >= 4 is 23.2 Å². The molecule has 0 aliphatic heterocycles. The van der Waals surface area contributed by atoms with Gasteiger partial charge >= 0.3 is 5.97 Å². The minimum atomic E-state index is -0.811. The van der Waals surface area contributed by atoms with Gasteiger partial charge in [0.15, 0.2) is 0 Å². The molecule has 6 heteroatoms. The molecule has 0 aromatic carbocycles. The van der Waals surface area contributed by atoms with Crippen LogP contribution in [0.1, 0.15) is 35.4 Å². The van der Waals surface area contributed by atoms with Gasteiger partial charge in [-0.15, -0.1) is 11.3 Å². The summed E-state index contributed by atoms with van der Waals surface area (Å²) < 4.78 is 5.02. The minimum Gasteiger partial charge on any atom is -0.496 e. The van der Waals surface area contributed by atoms with Crippen LogP contribution in [0.15, 0.2) is 11.4 Å². The Morgan fingerprint density at radius 1 is 1.47 bits per heavy atom. The fourth-order valence-corrected chi connectivity index (χ4v) is 3.17. The van der Waals surface area contributed by atoms with Gasteiger partial charge in [0.05, 0.1) is 17.4 Å². The van der Waals surface area contributed by atoms with E-state index in [1.165, 1.54) is 11.3 Å². The summed E-state index contributed by atoms with van der Waals surface area (Å²) in [6, 6.07) is 1.65. The predicted molar refractivity (Wildman–Crippen MR) is 71.7 cm³/mol. The maximum absolute atomic E-state index is 11.9. The second-order valence-electron chi connectivity index (χ2n) is 4.83. The van der Waals surface area contributed by atoms with E-state index in [-0.39, 0.29) is 12.5 Å². The predicted octanol–water partition coefficient (Wildman–Crippen LogP) is 2.13. The largest absolute Gasteiger partial charge is 0.496 e. The number of ether oxygens (including phenoxy) is 1. The maximum atomic E-state index is 11.9. The number of carbonyl (C=O) groups is 2. The van der Waals surface area contributed by atoms with Gasteiger partial charge in [-0.05, 0) is 12.8 Å².